The van der Waals surface area contributed by atoms with Crippen molar-refractivity contribution in [3.63, 3.8) is 0 Å². The molecule has 0 saturated heterocycles. The molecule has 0 fully saturated rings. The molecule has 3 rings (SSSR count). The summed E-state index contributed by atoms with van der Waals surface area (Å²) in [6.07, 6.45) is 1.83. The molecule has 0 aromatic heterocycles. The number of anilines is 1. The Balaban J connectivity index is 1.71. The van der Waals surface area contributed by atoms with Crippen molar-refractivity contribution in [3.8, 4) is 11.1 Å². The van der Waals surface area contributed by atoms with Crippen molar-refractivity contribution < 1.29 is 4.92 Å². The number of rotatable bonds is 5. The number of hydrogen-bond donors (Lipinski definition) is 0. The number of hydrogen-bond acceptors (Lipinski definition) is 4. The molecular weight excluding hydrogens is 326 g/mol. The van der Waals surface area contributed by atoms with Crippen LogP contribution in [0.2, 0.25) is 0 Å². The SMILES string of the molecule is CN(C)c1ccc(/C=N/c2ccc(-c3ccc([N+](=O)[O-])cc3)cc2)cc1. The maximum absolute atomic E-state index is 10.7. The van der Waals surface area contributed by atoms with Gasteiger partial charge in [0, 0.05) is 38.1 Å². The third-order valence-corrected chi connectivity index (χ3v) is 4.05. The fourth-order valence-electron chi connectivity index (χ4n) is 2.52. The molecule has 3 aromatic rings. The molecule has 26 heavy (non-hydrogen) atoms. The molecule has 0 bridgehead atoms. The number of benzene rings is 3. The van der Waals surface area contributed by atoms with Crippen LogP contribution in [0.25, 0.3) is 11.1 Å². The predicted molar refractivity (Wildman–Crippen MR) is 107 cm³/mol. The molecule has 0 amide bonds. The van der Waals surface area contributed by atoms with Crippen LogP contribution >= 0.6 is 0 Å². The topological polar surface area (TPSA) is 58.7 Å². The van der Waals surface area contributed by atoms with Gasteiger partial charge in [0.2, 0.25) is 0 Å². The van der Waals surface area contributed by atoms with Crippen molar-refractivity contribution in [1.82, 2.24) is 0 Å². The normalized spacial score (nSPS) is 10.8. The molecule has 0 radical (unpaired) electrons. The van der Waals surface area contributed by atoms with Gasteiger partial charge in [-0.15, -0.1) is 0 Å². The summed E-state index contributed by atoms with van der Waals surface area (Å²) in [7, 11) is 4.02. The molecule has 3 aromatic carbocycles. The van der Waals surface area contributed by atoms with Gasteiger partial charge in [0.15, 0.2) is 0 Å². The van der Waals surface area contributed by atoms with E-state index in [0.717, 1.165) is 28.1 Å². The van der Waals surface area contributed by atoms with E-state index in [1.165, 1.54) is 12.1 Å². The average molecular weight is 345 g/mol. The second kappa shape index (κ2) is 7.61. The molecule has 130 valence electrons. The number of nitro groups is 1. The zero-order valence-electron chi connectivity index (χ0n) is 14.7. The Kier molecular flexibility index (Phi) is 5.08. The summed E-state index contributed by atoms with van der Waals surface area (Å²) in [4.78, 5) is 16.9. The first-order chi connectivity index (χ1) is 12.5. The molecule has 5 nitrogen and oxygen atoms in total. The van der Waals surface area contributed by atoms with Gasteiger partial charge in [-0.25, -0.2) is 0 Å². The van der Waals surface area contributed by atoms with Gasteiger partial charge in [-0.3, -0.25) is 15.1 Å². The van der Waals surface area contributed by atoms with Crippen LogP contribution in [0, 0.1) is 10.1 Å². The van der Waals surface area contributed by atoms with Crippen molar-refractivity contribution in [1.29, 1.82) is 0 Å². The third kappa shape index (κ3) is 4.13. The van der Waals surface area contributed by atoms with E-state index in [9.17, 15) is 10.1 Å². The van der Waals surface area contributed by atoms with Crippen LogP contribution in [-0.4, -0.2) is 25.2 Å². The summed E-state index contributed by atoms with van der Waals surface area (Å²) in [5.74, 6) is 0. The van der Waals surface area contributed by atoms with E-state index < -0.39 is 4.92 Å². The minimum absolute atomic E-state index is 0.0928. The van der Waals surface area contributed by atoms with E-state index in [4.69, 9.17) is 0 Å². The number of non-ortho nitro benzene ring substituents is 1. The number of aliphatic imine (C=N–C) groups is 1. The van der Waals surface area contributed by atoms with Gasteiger partial charge < -0.3 is 4.90 Å². The Hall–Kier alpha value is -3.47. The maximum Gasteiger partial charge on any atom is 0.269 e. The first-order valence-corrected chi connectivity index (χ1v) is 8.19. The largest absolute Gasteiger partial charge is 0.378 e. The Morgan fingerprint density at radius 2 is 1.38 bits per heavy atom. The second-order valence-electron chi connectivity index (χ2n) is 6.10. The van der Waals surface area contributed by atoms with E-state index in [1.54, 1.807) is 12.1 Å². The quantitative estimate of drug-likeness (QED) is 0.368. The molecule has 0 saturated carbocycles. The summed E-state index contributed by atoms with van der Waals surface area (Å²) < 4.78 is 0. The summed E-state index contributed by atoms with van der Waals surface area (Å²) in [6, 6.07) is 22.5. The van der Waals surface area contributed by atoms with Gasteiger partial charge >= 0.3 is 0 Å². The fourth-order valence-corrected chi connectivity index (χ4v) is 2.52. The summed E-state index contributed by atoms with van der Waals surface area (Å²) >= 11 is 0. The van der Waals surface area contributed by atoms with Gasteiger partial charge in [0.25, 0.3) is 5.69 Å². The van der Waals surface area contributed by atoms with Crippen molar-refractivity contribution in [2.24, 2.45) is 4.99 Å². The van der Waals surface area contributed by atoms with Crippen LogP contribution in [-0.2, 0) is 0 Å². The summed E-state index contributed by atoms with van der Waals surface area (Å²) in [5.41, 5.74) is 5.06. The zero-order chi connectivity index (χ0) is 18.5. The summed E-state index contributed by atoms with van der Waals surface area (Å²) in [6.45, 7) is 0. The fraction of sp³-hybridized carbons (Fsp3) is 0.0952. The molecular formula is C21H19N3O2. The molecule has 0 N–H and O–H groups in total. The highest BCUT2D eigenvalue weighted by Gasteiger charge is 2.05. The molecule has 0 unspecified atom stereocenters. The number of nitro benzene ring substituents is 1. The first-order valence-electron chi connectivity index (χ1n) is 8.19. The van der Waals surface area contributed by atoms with Gasteiger partial charge in [0.1, 0.15) is 0 Å². The Labute approximate surface area is 152 Å². The van der Waals surface area contributed by atoms with Crippen LogP contribution in [0.4, 0.5) is 17.1 Å². The van der Waals surface area contributed by atoms with Crippen molar-refractivity contribution in [2.45, 2.75) is 0 Å². The molecule has 0 spiro atoms. The Bertz CT molecular complexity index is 913. The number of nitrogens with zero attached hydrogens (tertiary/aromatic N) is 3. The predicted octanol–water partition coefficient (Wildman–Crippen LogP) is 5.08. The van der Waals surface area contributed by atoms with Gasteiger partial charge in [-0.2, -0.15) is 0 Å². The second-order valence-corrected chi connectivity index (χ2v) is 6.10. The van der Waals surface area contributed by atoms with E-state index in [0.29, 0.717) is 0 Å². The molecule has 0 atom stereocenters. The van der Waals surface area contributed by atoms with Gasteiger partial charge in [0.05, 0.1) is 10.6 Å². The molecule has 0 aliphatic carbocycles. The van der Waals surface area contributed by atoms with Crippen LogP contribution in [0.3, 0.4) is 0 Å². The van der Waals surface area contributed by atoms with Crippen LogP contribution in [0.5, 0.6) is 0 Å². The minimum atomic E-state index is -0.396. The Morgan fingerprint density at radius 1 is 0.846 bits per heavy atom. The third-order valence-electron chi connectivity index (χ3n) is 4.05. The van der Waals surface area contributed by atoms with Gasteiger partial charge in [-0.05, 0) is 53.1 Å². The highest BCUT2D eigenvalue weighted by Crippen LogP contribution is 2.24. The van der Waals surface area contributed by atoms with Crippen LogP contribution in [0.1, 0.15) is 5.56 Å². The molecule has 0 heterocycles. The lowest BCUT2D eigenvalue weighted by Crippen LogP contribution is -2.08. The highest BCUT2D eigenvalue weighted by molar-refractivity contribution is 5.82. The van der Waals surface area contributed by atoms with E-state index in [1.807, 2.05) is 56.7 Å². The minimum Gasteiger partial charge on any atom is -0.378 e. The zero-order valence-corrected chi connectivity index (χ0v) is 14.7. The van der Waals surface area contributed by atoms with E-state index in [-0.39, 0.29) is 5.69 Å². The average Bonchev–Trinajstić information content (AvgIpc) is 2.67. The lowest BCUT2D eigenvalue weighted by molar-refractivity contribution is -0.384. The Morgan fingerprint density at radius 3 is 1.88 bits per heavy atom. The highest BCUT2D eigenvalue weighted by atomic mass is 16.6. The molecule has 5 heteroatoms. The molecule has 0 aliphatic heterocycles. The smallest absolute Gasteiger partial charge is 0.269 e. The molecule has 0 aliphatic rings. The van der Waals surface area contributed by atoms with Crippen molar-refractivity contribution in [2.75, 3.05) is 19.0 Å². The first kappa shape index (κ1) is 17.4. The lowest BCUT2D eigenvalue weighted by atomic mass is 10.1. The van der Waals surface area contributed by atoms with Crippen LogP contribution < -0.4 is 4.90 Å². The van der Waals surface area contributed by atoms with Crippen molar-refractivity contribution >= 4 is 23.3 Å². The lowest BCUT2D eigenvalue weighted by Gasteiger charge is -2.11. The van der Waals surface area contributed by atoms with Gasteiger partial charge in [-0.1, -0.05) is 24.3 Å². The standard InChI is InChI=1S/C21H19N3O2/c1-23(2)20-11-3-16(4-12-20)15-22-19-9-5-17(6-10-19)18-7-13-21(14-8-18)24(25)26/h3-15H,1-2H3/b22-15+. The van der Waals surface area contributed by atoms with Crippen LogP contribution in [0.15, 0.2) is 77.8 Å². The van der Waals surface area contributed by atoms with E-state index in [2.05, 4.69) is 22.0 Å². The van der Waals surface area contributed by atoms with Crippen molar-refractivity contribution in [3.05, 3.63) is 88.5 Å². The monoisotopic (exact) mass is 345 g/mol. The maximum atomic E-state index is 10.7. The summed E-state index contributed by atoms with van der Waals surface area (Å²) in [5, 5.41) is 10.7. The van der Waals surface area contributed by atoms with E-state index >= 15 is 0 Å².